The zero-order chi connectivity index (χ0) is 11.3. The third kappa shape index (κ3) is 2.65. The lowest BCUT2D eigenvalue weighted by atomic mass is 9.94. The van der Waals surface area contributed by atoms with Gasteiger partial charge in [-0.15, -0.1) is 0 Å². The van der Waals surface area contributed by atoms with Crippen LogP contribution in [0.5, 0.6) is 5.75 Å². The topological polar surface area (TPSA) is 43.4 Å². The standard InChI is InChI=1S/C12H14O3/c1-9(5-6-13)12-7-11(15-2)4-3-10(12)8-14/h3-4,6-9H,5H2,1-2H3. The molecule has 0 aliphatic rings. The molecule has 0 bridgehead atoms. The second-order valence-electron chi connectivity index (χ2n) is 3.42. The van der Waals surface area contributed by atoms with Gasteiger partial charge in [-0.1, -0.05) is 6.92 Å². The Labute approximate surface area is 89.1 Å². The van der Waals surface area contributed by atoms with Crippen LogP contribution in [0.25, 0.3) is 0 Å². The van der Waals surface area contributed by atoms with Gasteiger partial charge in [-0.25, -0.2) is 0 Å². The average molecular weight is 206 g/mol. The number of carbonyl (C=O) groups excluding carboxylic acids is 2. The van der Waals surface area contributed by atoms with E-state index in [4.69, 9.17) is 4.74 Å². The van der Waals surface area contributed by atoms with Crippen LogP contribution in [-0.2, 0) is 4.79 Å². The number of benzene rings is 1. The summed E-state index contributed by atoms with van der Waals surface area (Å²) in [6.45, 7) is 1.91. The molecule has 3 heteroatoms. The first-order chi connectivity index (χ1) is 7.22. The lowest BCUT2D eigenvalue weighted by Crippen LogP contribution is -2.00. The molecular formula is C12H14O3. The Morgan fingerprint density at radius 3 is 2.67 bits per heavy atom. The number of carbonyl (C=O) groups is 2. The first kappa shape index (κ1) is 11.4. The summed E-state index contributed by atoms with van der Waals surface area (Å²) in [7, 11) is 1.57. The predicted molar refractivity (Wildman–Crippen MR) is 57.5 cm³/mol. The largest absolute Gasteiger partial charge is 0.497 e. The summed E-state index contributed by atoms with van der Waals surface area (Å²) in [6, 6.07) is 5.25. The average Bonchev–Trinajstić information content (AvgIpc) is 2.28. The molecule has 1 aromatic carbocycles. The predicted octanol–water partition coefficient (Wildman–Crippen LogP) is 2.20. The molecule has 3 nitrogen and oxygen atoms in total. The van der Waals surface area contributed by atoms with Gasteiger partial charge in [0.25, 0.3) is 0 Å². The number of aldehydes is 2. The van der Waals surface area contributed by atoms with Gasteiger partial charge in [0.15, 0.2) is 0 Å². The van der Waals surface area contributed by atoms with E-state index in [0.29, 0.717) is 17.7 Å². The maximum Gasteiger partial charge on any atom is 0.150 e. The van der Waals surface area contributed by atoms with Gasteiger partial charge in [-0.2, -0.15) is 0 Å². The number of hydrogen-bond acceptors (Lipinski definition) is 3. The van der Waals surface area contributed by atoms with Crippen LogP contribution in [0.2, 0.25) is 0 Å². The van der Waals surface area contributed by atoms with E-state index in [1.807, 2.05) is 6.92 Å². The number of methoxy groups -OCH3 is 1. The molecule has 0 radical (unpaired) electrons. The van der Waals surface area contributed by atoms with Crippen LogP contribution in [0.1, 0.15) is 35.2 Å². The van der Waals surface area contributed by atoms with Crippen molar-refractivity contribution < 1.29 is 14.3 Å². The van der Waals surface area contributed by atoms with Gasteiger partial charge in [0.05, 0.1) is 7.11 Å². The van der Waals surface area contributed by atoms with E-state index in [2.05, 4.69) is 0 Å². The minimum atomic E-state index is 0.0396. The Balaban J connectivity index is 3.10. The Morgan fingerprint density at radius 1 is 1.40 bits per heavy atom. The van der Waals surface area contributed by atoms with E-state index in [1.165, 1.54) is 0 Å². The van der Waals surface area contributed by atoms with Crippen molar-refractivity contribution >= 4 is 12.6 Å². The second-order valence-corrected chi connectivity index (χ2v) is 3.42. The van der Waals surface area contributed by atoms with Gasteiger partial charge in [0.1, 0.15) is 18.3 Å². The first-order valence-electron chi connectivity index (χ1n) is 4.79. The third-order valence-electron chi connectivity index (χ3n) is 2.40. The smallest absolute Gasteiger partial charge is 0.150 e. The third-order valence-corrected chi connectivity index (χ3v) is 2.40. The van der Waals surface area contributed by atoms with Crippen LogP contribution in [-0.4, -0.2) is 19.7 Å². The summed E-state index contributed by atoms with van der Waals surface area (Å²) in [4.78, 5) is 21.2. The molecule has 0 spiro atoms. The van der Waals surface area contributed by atoms with Crippen LogP contribution >= 0.6 is 0 Å². The van der Waals surface area contributed by atoms with Crippen molar-refractivity contribution in [3.05, 3.63) is 29.3 Å². The molecule has 1 rings (SSSR count). The van der Waals surface area contributed by atoms with E-state index in [0.717, 1.165) is 18.1 Å². The maximum atomic E-state index is 10.8. The van der Waals surface area contributed by atoms with Crippen molar-refractivity contribution in [3.63, 3.8) is 0 Å². The minimum absolute atomic E-state index is 0.0396. The molecule has 80 valence electrons. The molecule has 0 aliphatic heterocycles. The second kappa shape index (κ2) is 5.29. The first-order valence-corrected chi connectivity index (χ1v) is 4.79. The van der Waals surface area contributed by atoms with E-state index >= 15 is 0 Å². The van der Waals surface area contributed by atoms with Crippen molar-refractivity contribution in [2.45, 2.75) is 19.3 Å². The molecule has 0 saturated heterocycles. The zero-order valence-corrected chi connectivity index (χ0v) is 8.90. The normalized spacial score (nSPS) is 11.9. The zero-order valence-electron chi connectivity index (χ0n) is 8.90. The monoisotopic (exact) mass is 206 g/mol. The Kier molecular flexibility index (Phi) is 4.03. The number of hydrogen-bond donors (Lipinski definition) is 0. The molecule has 0 saturated carbocycles. The van der Waals surface area contributed by atoms with Gasteiger partial charge in [0, 0.05) is 12.0 Å². The molecule has 0 heterocycles. The van der Waals surface area contributed by atoms with E-state index in [1.54, 1.807) is 25.3 Å². The van der Waals surface area contributed by atoms with Gasteiger partial charge in [0.2, 0.25) is 0 Å². The Morgan fingerprint density at radius 2 is 2.13 bits per heavy atom. The quantitative estimate of drug-likeness (QED) is 0.693. The van der Waals surface area contributed by atoms with Gasteiger partial charge in [-0.3, -0.25) is 4.79 Å². The highest BCUT2D eigenvalue weighted by Gasteiger charge is 2.11. The van der Waals surface area contributed by atoms with E-state index in [9.17, 15) is 9.59 Å². The SMILES string of the molecule is COc1ccc(C=O)c(C(C)CC=O)c1. The molecule has 1 unspecified atom stereocenters. The molecule has 0 aliphatic carbocycles. The van der Waals surface area contributed by atoms with E-state index < -0.39 is 0 Å². The highest BCUT2D eigenvalue weighted by molar-refractivity contribution is 5.78. The van der Waals surface area contributed by atoms with Crippen LogP contribution in [0.4, 0.5) is 0 Å². The Hall–Kier alpha value is -1.64. The van der Waals surface area contributed by atoms with Crippen molar-refractivity contribution in [2.24, 2.45) is 0 Å². The summed E-state index contributed by atoms with van der Waals surface area (Å²) in [5, 5.41) is 0. The molecule has 0 amide bonds. The fourth-order valence-corrected chi connectivity index (χ4v) is 1.49. The number of rotatable bonds is 5. The lowest BCUT2D eigenvalue weighted by Gasteiger charge is -2.12. The van der Waals surface area contributed by atoms with Crippen LogP contribution in [0.15, 0.2) is 18.2 Å². The fraction of sp³-hybridized carbons (Fsp3) is 0.333. The lowest BCUT2D eigenvalue weighted by molar-refractivity contribution is -0.108. The summed E-state index contributed by atoms with van der Waals surface area (Å²) in [5.74, 6) is 0.742. The molecule has 0 aromatic heterocycles. The molecule has 1 aromatic rings. The summed E-state index contributed by atoms with van der Waals surface area (Å²) in [5.41, 5.74) is 1.47. The fourth-order valence-electron chi connectivity index (χ4n) is 1.49. The minimum Gasteiger partial charge on any atom is -0.497 e. The highest BCUT2D eigenvalue weighted by atomic mass is 16.5. The van der Waals surface area contributed by atoms with Crippen molar-refractivity contribution in [1.29, 1.82) is 0 Å². The molecular weight excluding hydrogens is 192 g/mol. The molecule has 1 atom stereocenters. The maximum absolute atomic E-state index is 10.8. The number of ether oxygens (including phenoxy) is 1. The molecule has 0 N–H and O–H groups in total. The van der Waals surface area contributed by atoms with Crippen molar-refractivity contribution in [3.8, 4) is 5.75 Å². The van der Waals surface area contributed by atoms with E-state index in [-0.39, 0.29) is 5.92 Å². The summed E-state index contributed by atoms with van der Waals surface area (Å²) < 4.78 is 5.08. The highest BCUT2D eigenvalue weighted by Crippen LogP contribution is 2.25. The van der Waals surface area contributed by atoms with Crippen molar-refractivity contribution in [1.82, 2.24) is 0 Å². The van der Waals surface area contributed by atoms with Crippen molar-refractivity contribution in [2.75, 3.05) is 7.11 Å². The van der Waals surface area contributed by atoms with Gasteiger partial charge < -0.3 is 9.53 Å². The molecule has 15 heavy (non-hydrogen) atoms. The molecule has 0 fully saturated rings. The Bertz CT molecular complexity index is 358. The van der Waals surface area contributed by atoms with Crippen LogP contribution in [0, 0.1) is 0 Å². The van der Waals surface area contributed by atoms with Gasteiger partial charge >= 0.3 is 0 Å². The van der Waals surface area contributed by atoms with Crippen LogP contribution in [0.3, 0.4) is 0 Å². The summed E-state index contributed by atoms with van der Waals surface area (Å²) in [6.07, 6.45) is 2.07. The summed E-state index contributed by atoms with van der Waals surface area (Å²) >= 11 is 0. The van der Waals surface area contributed by atoms with Crippen LogP contribution < -0.4 is 4.74 Å². The van der Waals surface area contributed by atoms with Gasteiger partial charge in [-0.05, 0) is 29.7 Å².